The Morgan fingerprint density at radius 2 is 2.17 bits per heavy atom. The summed E-state index contributed by atoms with van der Waals surface area (Å²) in [4.78, 5) is 15.1. The highest BCUT2D eigenvalue weighted by Crippen LogP contribution is 2.26. The molecule has 2 heterocycles. The molecule has 6 nitrogen and oxygen atoms in total. The van der Waals surface area contributed by atoms with Crippen LogP contribution in [0.4, 0.5) is 5.69 Å². The maximum Gasteiger partial charge on any atom is 0.307 e. The average molecular weight is 316 g/mol. The van der Waals surface area contributed by atoms with Crippen molar-refractivity contribution in [3.63, 3.8) is 0 Å². The van der Waals surface area contributed by atoms with Crippen LogP contribution < -0.4 is 5.32 Å². The molecule has 1 fully saturated rings. The van der Waals surface area contributed by atoms with Crippen molar-refractivity contribution in [1.82, 2.24) is 4.98 Å². The number of carboxylic acid groups (broad SMARTS) is 1. The molecular formula is C17H20N2O4. The lowest BCUT2D eigenvalue weighted by Crippen LogP contribution is -2.14. The quantitative estimate of drug-likeness (QED) is 0.852. The van der Waals surface area contributed by atoms with Crippen molar-refractivity contribution in [1.29, 1.82) is 0 Å². The van der Waals surface area contributed by atoms with E-state index >= 15 is 0 Å². The molecule has 2 N–H and O–H groups in total. The van der Waals surface area contributed by atoms with Crippen LogP contribution in [0.25, 0.3) is 0 Å². The van der Waals surface area contributed by atoms with E-state index in [4.69, 9.17) is 14.3 Å². The SMILES string of the molecule is O=C(O)Cc1cccc(NCc2cnc(C3CCOCC3)o2)c1. The van der Waals surface area contributed by atoms with Crippen molar-refractivity contribution in [3.8, 4) is 0 Å². The number of rotatable bonds is 6. The van der Waals surface area contributed by atoms with Gasteiger partial charge in [-0.05, 0) is 30.5 Å². The molecule has 0 amide bonds. The molecule has 1 aliphatic rings. The number of aromatic nitrogens is 1. The zero-order valence-corrected chi connectivity index (χ0v) is 12.8. The Morgan fingerprint density at radius 3 is 2.96 bits per heavy atom. The summed E-state index contributed by atoms with van der Waals surface area (Å²) in [7, 11) is 0. The Hall–Kier alpha value is -2.34. The summed E-state index contributed by atoms with van der Waals surface area (Å²) in [5.41, 5.74) is 1.63. The van der Waals surface area contributed by atoms with Gasteiger partial charge < -0.3 is 19.6 Å². The summed E-state index contributed by atoms with van der Waals surface area (Å²) in [5, 5.41) is 12.1. The van der Waals surface area contributed by atoms with E-state index in [0.717, 1.165) is 49.0 Å². The van der Waals surface area contributed by atoms with Crippen molar-refractivity contribution in [3.05, 3.63) is 47.7 Å². The van der Waals surface area contributed by atoms with E-state index in [2.05, 4.69) is 10.3 Å². The maximum absolute atomic E-state index is 10.8. The molecule has 0 aliphatic carbocycles. The molecular weight excluding hydrogens is 296 g/mol. The van der Waals surface area contributed by atoms with Crippen molar-refractivity contribution in [2.45, 2.75) is 31.7 Å². The van der Waals surface area contributed by atoms with E-state index in [0.29, 0.717) is 12.5 Å². The van der Waals surface area contributed by atoms with E-state index in [-0.39, 0.29) is 6.42 Å². The number of hydrogen-bond acceptors (Lipinski definition) is 5. The number of nitrogens with one attached hydrogen (secondary N) is 1. The third-order valence-electron chi connectivity index (χ3n) is 3.89. The third-order valence-corrected chi connectivity index (χ3v) is 3.89. The second-order valence-electron chi connectivity index (χ2n) is 5.68. The van der Waals surface area contributed by atoms with Crippen LogP contribution in [-0.4, -0.2) is 29.3 Å². The summed E-state index contributed by atoms with van der Waals surface area (Å²) in [6, 6.07) is 7.39. The molecule has 23 heavy (non-hydrogen) atoms. The Morgan fingerprint density at radius 1 is 1.35 bits per heavy atom. The van der Waals surface area contributed by atoms with Crippen molar-refractivity contribution in [2.75, 3.05) is 18.5 Å². The standard InChI is InChI=1S/C17H20N2O4/c20-16(21)9-12-2-1-3-14(8-12)18-10-15-11-19-17(23-15)13-4-6-22-7-5-13/h1-3,8,11,13,18H,4-7,9-10H2,(H,20,21). The van der Waals surface area contributed by atoms with Crippen molar-refractivity contribution >= 4 is 11.7 Å². The number of anilines is 1. The van der Waals surface area contributed by atoms with Gasteiger partial charge in [-0.15, -0.1) is 0 Å². The number of benzene rings is 1. The maximum atomic E-state index is 10.8. The molecule has 6 heteroatoms. The van der Waals surface area contributed by atoms with Gasteiger partial charge in [0.05, 0.1) is 19.2 Å². The molecule has 1 aromatic heterocycles. The molecule has 3 rings (SSSR count). The van der Waals surface area contributed by atoms with Gasteiger partial charge in [-0.25, -0.2) is 4.98 Å². The Labute approximate surface area is 134 Å². The number of nitrogens with zero attached hydrogens (tertiary/aromatic N) is 1. The lowest BCUT2D eigenvalue weighted by molar-refractivity contribution is -0.136. The molecule has 0 saturated carbocycles. The minimum atomic E-state index is -0.835. The summed E-state index contributed by atoms with van der Waals surface area (Å²) in [5.74, 6) is 1.06. The molecule has 1 aromatic carbocycles. The zero-order chi connectivity index (χ0) is 16.1. The van der Waals surface area contributed by atoms with Gasteiger partial charge in [-0.3, -0.25) is 4.79 Å². The predicted octanol–water partition coefficient (Wildman–Crippen LogP) is 2.81. The smallest absolute Gasteiger partial charge is 0.307 e. The van der Waals surface area contributed by atoms with Gasteiger partial charge in [0.2, 0.25) is 0 Å². The first-order valence-corrected chi connectivity index (χ1v) is 7.77. The largest absolute Gasteiger partial charge is 0.481 e. The first-order chi connectivity index (χ1) is 11.2. The Balaban J connectivity index is 1.58. The monoisotopic (exact) mass is 316 g/mol. The summed E-state index contributed by atoms with van der Waals surface area (Å²) in [6.07, 6.45) is 3.67. The number of carboxylic acids is 1. The molecule has 1 aliphatic heterocycles. The van der Waals surface area contributed by atoms with Gasteiger partial charge in [0.1, 0.15) is 5.76 Å². The first-order valence-electron chi connectivity index (χ1n) is 7.77. The molecule has 122 valence electrons. The first kappa shape index (κ1) is 15.6. The van der Waals surface area contributed by atoms with E-state index in [1.807, 2.05) is 18.2 Å². The second kappa shape index (κ2) is 7.28. The van der Waals surface area contributed by atoms with Crippen LogP contribution in [0.5, 0.6) is 0 Å². The number of carbonyl (C=O) groups is 1. The van der Waals surface area contributed by atoms with E-state index < -0.39 is 5.97 Å². The highest BCUT2D eigenvalue weighted by molar-refractivity contribution is 5.70. The number of oxazole rings is 1. The summed E-state index contributed by atoms with van der Waals surface area (Å²) < 4.78 is 11.2. The normalized spacial score (nSPS) is 15.5. The van der Waals surface area contributed by atoms with Gasteiger partial charge in [-0.1, -0.05) is 12.1 Å². The van der Waals surface area contributed by atoms with Crippen LogP contribution >= 0.6 is 0 Å². The topological polar surface area (TPSA) is 84.6 Å². The molecule has 0 unspecified atom stereocenters. The second-order valence-corrected chi connectivity index (χ2v) is 5.68. The lowest BCUT2D eigenvalue weighted by Gasteiger charge is -2.18. The van der Waals surface area contributed by atoms with E-state index in [9.17, 15) is 4.79 Å². The van der Waals surface area contributed by atoms with Gasteiger partial charge in [-0.2, -0.15) is 0 Å². The Kier molecular flexibility index (Phi) is 4.92. The predicted molar refractivity (Wildman–Crippen MR) is 84.4 cm³/mol. The number of ether oxygens (including phenoxy) is 1. The molecule has 2 aromatic rings. The number of hydrogen-bond donors (Lipinski definition) is 2. The molecule has 0 bridgehead atoms. The molecule has 0 radical (unpaired) electrons. The Bertz CT molecular complexity index is 662. The van der Waals surface area contributed by atoms with Crippen molar-refractivity contribution < 1.29 is 19.1 Å². The van der Waals surface area contributed by atoms with Gasteiger partial charge >= 0.3 is 5.97 Å². The van der Waals surface area contributed by atoms with Crippen LogP contribution in [0.3, 0.4) is 0 Å². The fourth-order valence-electron chi connectivity index (χ4n) is 2.69. The lowest BCUT2D eigenvalue weighted by atomic mass is 10.0. The molecule has 0 spiro atoms. The molecule has 1 saturated heterocycles. The highest BCUT2D eigenvalue weighted by Gasteiger charge is 2.20. The molecule has 0 atom stereocenters. The third kappa shape index (κ3) is 4.32. The van der Waals surface area contributed by atoms with Crippen LogP contribution in [0.2, 0.25) is 0 Å². The fraction of sp³-hybridized carbons (Fsp3) is 0.412. The van der Waals surface area contributed by atoms with E-state index in [1.165, 1.54) is 0 Å². The number of aliphatic carboxylic acids is 1. The van der Waals surface area contributed by atoms with Gasteiger partial charge in [0.25, 0.3) is 0 Å². The summed E-state index contributed by atoms with van der Waals surface area (Å²) in [6.45, 7) is 2.04. The summed E-state index contributed by atoms with van der Waals surface area (Å²) >= 11 is 0. The highest BCUT2D eigenvalue weighted by atomic mass is 16.5. The van der Waals surface area contributed by atoms with Gasteiger partial charge in [0, 0.05) is 24.8 Å². The van der Waals surface area contributed by atoms with E-state index in [1.54, 1.807) is 12.3 Å². The average Bonchev–Trinajstić information content (AvgIpc) is 3.02. The van der Waals surface area contributed by atoms with Crippen LogP contribution in [0.1, 0.15) is 36.0 Å². The minimum absolute atomic E-state index is 0.0196. The van der Waals surface area contributed by atoms with Crippen LogP contribution in [0, 0.1) is 0 Å². The van der Waals surface area contributed by atoms with Crippen LogP contribution in [0.15, 0.2) is 34.9 Å². The van der Waals surface area contributed by atoms with Gasteiger partial charge in [0.15, 0.2) is 5.89 Å². The zero-order valence-electron chi connectivity index (χ0n) is 12.8. The van der Waals surface area contributed by atoms with Crippen LogP contribution in [-0.2, 0) is 22.5 Å². The fourth-order valence-corrected chi connectivity index (χ4v) is 2.69. The van der Waals surface area contributed by atoms with Crippen molar-refractivity contribution in [2.24, 2.45) is 0 Å². The minimum Gasteiger partial charge on any atom is -0.481 e.